The fourth-order valence-corrected chi connectivity index (χ4v) is 13.3. The highest BCUT2D eigenvalue weighted by Crippen LogP contribution is 2.45. The molecule has 0 aliphatic heterocycles. The highest BCUT2D eigenvalue weighted by Gasteiger charge is 2.30. The number of esters is 4. The van der Waals surface area contributed by atoms with E-state index < -0.39 is 97.5 Å². The minimum atomic E-state index is -4.96. The van der Waals surface area contributed by atoms with Crippen molar-refractivity contribution in [3.05, 3.63) is 0 Å². The van der Waals surface area contributed by atoms with E-state index in [1.54, 1.807) is 0 Å². The van der Waals surface area contributed by atoms with E-state index in [0.29, 0.717) is 25.7 Å². The smallest absolute Gasteiger partial charge is 0.462 e. The Hall–Kier alpha value is -1.94. The van der Waals surface area contributed by atoms with Crippen LogP contribution in [0.3, 0.4) is 0 Å². The molecule has 0 spiro atoms. The number of phosphoric acid groups is 2. The first-order chi connectivity index (χ1) is 46.0. The molecule has 0 aliphatic rings. The predicted molar refractivity (Wildman–Crippen MR) is 386 cm³/mol. The van der Waals surface area contributed by atoms with Gasteiger partial charge in [0.15, 0.2) is 12.2 Å². The van der Waals surface area contributed by atoms with E-state index in [4.69, 9.17) is 37.0 Å². The summed E-state index contributed by atoms with van der Waals surface area (Å²) >= 11 is 0. The Bertz CT molecular complexity index is 1820. The summed E-state index contributed by atoms with van der Waals surface area (Å²) in [6, 6.07) is 0. The van der Waals surface area contributed by atoms with Gasteiger partial charge in [0, 0.05) is 25.7 Å². The van der Waals surface area contributed by atoms with Crippen molar-refractivity contribution < 1.29 is 80.2 Å². The van der Waals surface area contributed by atoms with Gasteiger partial charge >= 0.3 is 39.5 Å². The van der Waals surface area contributed by atoms with Gasteiger partial charge in [0.25, 0.3) is 0 Å². The lowest BCUT2D eigenvalue weighted by molar-refractivity contribution is -0.161. The van der Waals surface area contributed by atoms with Gasteiger partial charge in [-0.3, -0.25) is 37.3 Å². The van der Waals surface area contributed by atoms with Gasteiger partial charge in [-0.05, 0) is 31.6 Å². The molecule has 3 N–H and O–H groups in total. The number of phosphoric ester groups is 2. The number of rotatable bonds is 76. The summed E-state index contributed by atoms with van der Waals surface area (Å²) in [6.45, 7) is 7.28. The lowest BCUT2D eigenvalue weighted by Gasteiger charge is -2.21. The minimum Gasteiger partial charge on any atom is -0.462 e. The van der Waals surface area contributed by atoms with Crippen LogP contribution in [-0.2, 0) is 65.4 Å². The molecule has 0 amide bonds. The molecule has 0 radical (unpaired) electrons. The van der Waals surface area contributed by atoms with Crippen LogP contribution in [0.1, 0.15) is 401 Å². The Morgan fingerprint density at radius 2 is 0.484 bits per heavy atom. The fraction of sp³-hybridized carbons (Fsp3) is 0.947. The van der Waals surface area contributed by atoms with Crippen LogP contribution in [0.5, 0.6) is 0 Å². The third-order valence-electron chi connectivity index (χ3n) is 17.8. The maximum absolute atomic E-state index is 13.1. The number of ether oxygens (including phenoxy) is 4. The van der Waals surface area contributed by atoms with Gasteiger partial charge in [-0.2, -0.15) is 0 Å². The van der Waals surface area contributed by atoms with Gasteiger partial charge < -0.3 is 33.8 Å². The number of unbranched alkanes of at least 4 members (excludes halogenated alkanes) is 48. The molecule has 0 aromatic carbocycles. The molecule has 0 bridgehead atoms. The summed E-state index contributed by atoms with van der Waals surface area (Å²) in [4.78, 5) is 72.6. The number of aliphatic hydroxyl groups is 1. The van der Waals surface area contributed by atoms with E-state index >= 15 is 0 Å². The van der Waals surface area contributed by atoms with Crippen LogP contribution in [0.25, 0.3) is 0 Å². The molecule has 0 aromatic rings. The van der Waals surface area contributed by atoms with Crippen LogP contribution < -0.4 is 0 Å². The average Bonchev–Trinajstić information content (AvgIpc) is 2.21. The number of hydrogen-bond acceptors (Lipinski definition) is 15. The maximum Gasteiger partial charge on any atom is 0.472 e. The lowest BCUT2D eigenvalue weighted by atomic mass is 10.0. The molecule has 2 unspecified atom stereocenters. The van der Waals surface area contributed by atoms with Crippen LogP contribution in [0.15, 0.2) is 0 Å². The predicted octanol–water partition coefficient (Wildman–Crippen LogP) is 22.5. The fourth-order valence-electron chi connectivity index (χ4n) is 11.7. The Kier molecular flexibility index (Phi) is 67.7. The number of aliphatic hydroxyl groups excluding tert-OH is 1. The lowest BCUT2D eigenvalue weighted by Crippen LogP contribution is -2.30. The summed E-state index contributed by atoms with van der Waals surface area (Å²) in [6.07, 6.45) is 58.5. The Morgan fingerprint density at radius 1 is 0.284 bits per heavy atom. The zero-order valence-electron chi connectivity index (χ0n) is 61.8. The van der Waals surface area contributed by atoms with Gasteiger partial charge in [-0.1, -0.05) is 349 Å². The molecule has 0 heterocycles. The molecule has 0 fully saturated rings. The van der Waals surface area contributed by atoms with Crippen molar-refractivity contribution in [1.82, 2.24) is 0 Å². The first-order valence-electron chi connectivity index (χ1n) is 39.6. The molecular formula is C76H148O17P2. The highest BCUT2D eigenvalue weighted by atomic mass is 31.2. The van der Waals surface area contributed by atoms with Gasteiger partial charge in [-0.25, -0.2) is 9.13 Å². The Labute approximate surface area is 581 Å². The quantitative estimate of drug-likeness (QED) is 0.0222. The molecule has 0 aliphatic carbocycles. The van der Waals surface area contributed by atoms with E-state index in [2.05, 4.69) is 34.6 Å². The van der Waals surface area contributed by atoms with Crippen molar-refractivity contribution in [3.8, 4) is 0 Å². The van der Waals surface area contributed by atoms with Crippen molar-refractivity contribution in [2.24, 2.45) is 5.92 Å². The van der Waals surface area contributed by atoms with Crippen molar-refractivity contribution in [1.29, 1.82) is 0 Å². The molecule has 17 nitrogen and oxygen atoms in total. The second-order valence-corrected chi connectivity index (χ2v) is 30.8. The minimum absolute atomic E-state index is 0.106. The summed E-state index contributed by atoms with van der Waals surface area (Å²) in [7, 11) is -9.90. The van der Waals surface area contributed by atoms with E-state index in [1.165, 1.54) is 212 Å². The van der Waals surface area contributed by atoms with Crippen LogP contribution >= 0.6 is 15.6 Å². The number of hydrogen-bond donors (Lipinski definition) is 3. The molecule has 564 valence electrons. The molecular weight excluding hydrogens is 1250 g/mol. The van der Waals surface area contributed by atoms with Crippen molar-refractivity contribution >= 4 is 39.5 Å². The van der Waals surface area contributed by atoms with Gasteiger partial charge in [-0.15, -0.1) is 0 Å². The zero-order valence-corrected chi connectivity index (χ0v) is 63.6. The van der Waals surface area contributed by atoms with Crippen molar-refractivity contribution in [2.45, 2.75) is 419 Å². The SMILES string of the molecule is CCCCCCCCCCCCCCCCCCCC(=O)OC[C@H](COP(=O)(O)OC[C@@H](O)COP(=O)(O)OC[C@@H](COC(=O)CCCCCCCCC)OC(=O)CCCCCCCCCCCC)OC(=O)CCCCCCCCCCCCCCCCCCCCC(C)C. The van der Waals surface area contributed by atoms with Crippen LogP contribution in [0, 0.1) is 5.92 Å². The maximum atomic E-state index is 13.1. The number of carbonyl (C=O) groups excluding carboxylic acids is 4. The van der Waals surface area contributed by atoms with Crippen molar-refractivity contribution in [3.63, 3.8) is 0 Å². The molecule has 95 heavy (non-hydrogen) atoms. The first-order valence-corrected chi connectivity index (χ1v) is 42.6. The summed E-state index contributed by atoms with van der Waals surface area (Å²) < 4.78 is 68.3. The molecule has 0 aromatic heterocycles. The summed E-state index contributed by atoms with van der Waals surface area (Å²) in [5, 5.41) is 10.6. The average molecular weight is 1400 g/mol. The third kappa shape index (κ3) is 70.3. The monoisotopic (exact) mass is 1400 g/mol. The zero-order chi connectivity index (χ0) is 69.8. The molecule has 0 saturated heterocycles. The topological polar surface area (TPSA) is 237 Å². The van der Waals surface area contributed by atoms with E-state index in [9.17, 15) is 43.2 Å². The largest absolute Gasteiger partial charge is 0.472 e. The highest BCUT2D eigenvalue weighted by molar-refractivity contribution is 7.47. The summed E-state index contributed by atoms with van der Waals surface area (Å²) in [5.41, 5.74) is 0. The van der Waals surface area contributed by atoms with Crippen LogP contribution in [-0.4, -0.2) is 96.7 Å². The van der Waals surface area contributed by atoms with E-state index in [0.717, 1.165) is 109 Å². The Balaban J connectivity index is 5.15. The van der Waals surface area contributed by atoms with Crippen molar-refractivity contribution in [2.75, 3.05) is 39.6 Å². The standard InChI is InChI=1S/C76H148O17P2/c1-6-9-12-15-18-20-22-23-24-27-31-34-37-41-45-50-55-60-74(79)87-66-72(93-76(81)62-57-52-47-42-38-35-32-29-26-25-28-30-33-36-39-44-48-53-58-69(4)5)68-91-95(84,85)89-64-70(77)63-88-94(82,83)90-67-71(65-86-73(78)59-54-49-43-17-14-11-8-3)92-75(80)61-56-51-46-40-21-19-16-13-10-7-2/h69-72,77H,6-68H2,1-5H3,(H,82,83)(H,84,85)/t70-,71+,72+/m0/s1. The molecule has 0 saturated carbocycles. The van der Waals surface area contributed by atoms with Gasteiger partial charge in [0.2, 0.25) is 0 Å². The Morgan fingerprint density at radius 3 is 0.716 bits per heavy atom. The normalized spacial score (nSPS) is 13.9. The first kappa shape index (κ1) is 93.1. The molecule has 19 heteroatoms. The van der Waals surface area contributed by atoms with Gasteiger partial charge in [0.1, 0.15) is 19.3 Å². The van der Waals surface area contributed by atoms with Gasteiger partial charge in [0.05, 0.1) is 26.4 Å². The van der Waals surface area contributed by atoms with Crippen LogP contribution in [0.4, 0.5) is 0 Å². The van der Waals surface area contributed by atoms with Crippen LogP contribution in [0.2, 0.25) is 0 Å². The summed E-state index contributed by atoms with van der Waals surface area (Å²) in [5.74, 6) is -1.30. The second-order valence-electron chi connectivity index (χ2n) is 27.9. The van der Waals surface area contributed by atoms with E-state index in [1.807, 2.05) is 0 Å². The second kappa shape index (κ2) is 69.2. The molecule has 0 rings (SSSR count). The van der Waals surface area contributed by atoms with E-state index in [-0.39, 0.29) is 25.7 Å². The number of carbonyl (C=O) groups is 4. The molecule has 5 atom stereocenters. The third-order valence-corrected chi connectivity index (χ3v) is 19.7.